The number of anilines is 2. The van der Waals surface area contributed by atoms with Crippen LogP contribution in [0.15, 0.2) is 18.3 Å². The lowest BCUT2D eigenvalue weighted by molar-refractivity contribution is 0.0564. The molecule has 0 aliphatic carbocycles. The maximum atomic E-state index is 11.8. The van der Waals surface area contributed by atoms with E-state index in [0.717, 1.165) is 0 Å². The van der Waals surface area contributed by atoms with Crippen LogP contribution >= 0.6 is 0 Å². The van der Waals surface area contributed by atoms with Crippen molar-refractivity contribution in [2.45, 2.75) is 0 Å². The Bertz CT molecular complexity index is 377. The highest BCUT2D eigenvalue weighted by atomic mass is 16.5. The van der Waals surface area contributed by atoms with E-state index in [1.165, 1.54) is 0 Å². The summed E-state index contributed by atoms with van der Waals surface area (Å²) in [6, 6.07) is 3.13. The summed E-state index contributed by atoms with van der Waals surface area (Å²) in [5.41, 5.74) is 6.16. The van der Waals surface area contributed by atoms with Crippen LogP contribution < -0.4 is 11.1 Å². The fourth-order valence-electron chi connectivity index (χ4n) is 1.47. The highest BCUT2D eigenvalue weighted by molar-refractivity contribution is 5.88. The lowest BCUT2D eigenvalue weighted by atomic mass is 10.4. The van der Waals surface area contributed by atoms with Gasteiger partial charge in [-0.15, -0.1) is 0 Å². The molecule has 1 aliphatic heterocycles. The quantitative estimate of drug-likeness (QED) is 0.726. The number of nitrogens with one attached hydrogen (secondary N) is 1. The molecular weight excluding hydrogens is 208 g/mol. The third kappa shape index (κ3) is 2.60. The van der Waals surface area contributed by atoms with Crippen molar-refractivity contribution >= 4 is 17.5 Å². The van der Waals surface area contributed by atoms with Gasteiger partial charge in [-0.2, -0.15) is 0 Å². The summed E-state index contributed by atoms with van der Waals surface area (Å²) in [5, 5.41) is 2.69. The molecule has 1 fully saturated rings. The molecule has 2 rings (SSSR count). The van der Waals surface area contributed by atoms with Crippen molar-refractivity contribution in [2.75, 3.05) is 37.4 Å². The lowest BCUT2D eigenvalue weighted by Gasteiger charge is -2.26. The van der Waals surface area contributed by atoms with Crippen LogP contribution in [0, 0.1) is 0 Å². The standard InChI is InChI=1S/C10H14N4O2/c11-8-1-2-12-9(7-8)13-10(15)14-3-5-16-6-4-14/h1-2,7H,3-6H2,(H3,11,12,13,15). The minimum Gasteiger partial charge on any atom is -0.399 e. The zero-order valence-electron chi connectivity index (χ0n) is 8.85. The van der Waals surface area contributed by atoms with E-state index < -0.39 is 0 Å². The second-order valence-electron chi connectivity index (χ2n) is 3.50. The molecule has 0 unspecified atom stereocenters. The molecule has 2 amide bonds. The number of pyridine rings is 1. The number of carbonyl (C=O) groups is 1. The predicted molar refractivity (Wildman–Crippen MR) is 60.1 cm³/mol. The Labute approximate surface area is 93.4 Å². The summed E-state index contributed by atoms with van der Waals surface area (Å²) >= 11 is 0. The van der Waals surface area contributed by atoms with Gasteiger partial charge in [-0.25, -0.2) is 9.78 Å². The number of urea groups is 1. The van der Waals surface area contributed by atoms with Gasteiger partial charge in [0.1, 0.15) is 5.82 Å². The van der Waals surface area contributed by atoms with Crippen LogP contribution in [-0.2, 0) is 4.74 Å². The number of hydrogen-bond acceptors (Lipinski definition) is 4. The molecule has 1 aromatic heterocycles. The van der Waals surface area contributed by atoms with Gasteiger partial charge < -0.3 is 15.4 Å². The van der Waals surface area contributed by atoms with Crippen LogP contribution in [0.1, 0.15) is 0 Å². The van der Waals surface area contributed by atoms with Crippen molar-refractivity contribution in [3.05, 3.63) is 18.3 Å². The molecule has 1 aliphatic rings. The van der Waals surface area contributed by atoms with Crippen LogP contribution in [0.5, 0.6) is 0 Å². The van der Waals surface area contributed by atoms with Crippen LogP contribution in [0.4, 0.5) is 16.3 Å². The molecular formula is C10H14N4O2. The molecule has 0 radical (unpaired) electrons. The third-order valence-electron chi connectivity index (χ3n) is 2.32. The first-order valence-corrected chi connectivity index (χ1v) is 5.11. The zero-order chi connectivity index (χ0) is 11.4. The molecule has 0 bridgehead atoms. The normalized spacial score (nSPS) is 15.9. The summed E-state index contributed by atoms with van der Waals surface area (Å²) in [7, 11) is 0. The van der Waals surface area contributed by atoms with Gasteiger partial charge in [0, 0.05) is 31.0 Å². The molecule has 1 saturated heterocycles. The molecule has 86 valence electrons. The van der Waals surface area contributed by atoms with E-state index in [9.17, 15) is 4.79 Å². The Morgan fingerprint density at radius 2 is 2.25 bits per heavy atom. The second-order valence-corrected chi connectivity index (χ2v) is 3.50. The van der Waals surface area contributed by atoms with Gasteiger partial charge >= 0.3 is 6.03 Å². The Kier molecular flexibility index (Phi) is 3.21. The summed E-state index contributed by atoms with van der Waals surface area (Å²) in [6.45, 7) is 2.37. The molecule has 6 heteroatoms. The average Bonchev–Trinajstić information content (AvgIpc) is 2.30. The van der Waals surface area contributed by atoms with Gasteiger partial charge in [0.2, 0.25) is 0 Å². The number of nitrogens with zero attached hydrogens (tertiary/aromatic N) is 2. The minimum atomic E-state index is -0.165. The summed E-state index contributed by atoms with van der Waals surface area (Å²) in [6.07, 6.45) is 1.56. The number of amides is 2. The lowest BCUT2D eigenvalue weighted by Crippen LogP contribution is -2.43. The summed E-state index contributed by atoms with van der Waals surface area (Å²) in [5.74, 6) is 0.469. The van der Waals surface area contributed by atoms with Crippen molar-refractivity contribution in [3.8, 4) is 0 Å². The number of morpholine rings is 1. The molecule has 2 heterocycles. The maximum Gasteiger partial charge on any atom is 0.323 e. The monoisotopic (exact) mass is 222 g/mol. The van der Waals surface area contributed by atoms with E-state index >= 15 is 0 Å². The van der Waals surface area contributed by atoms with Crippen molar-refractivity contribution in [1.29, 1.82) is 0 Å². The highest BCUT2D eigenvalue weighted by Gasteiger charge is 2.16. The maximum absolute atomic E-state index is 11.8. The first kappa shape index (κ1) is 10.7. The smallest absolute Gasteiger partial charge is 0.323 e. The number of hydrogen-bond donors (Lipinski definition) is 2. The van der Waals surface area contributed by atoms with Crippen molar-refractivity contribution in [3.63, 3.8) is 0 Å². The van der Waals surface area contributed by atoms with Crippen LogP contribution in [0.25, 0.3) is 0 Å². The molecule has 3 N–H and O–H groups in total. The van der Waals surface area contributed by atoms with E-state index in [0.29, 0.717) is 37.8 Å². The van der Waals surface area contributed by atoms with Gasteiger partial charge in [0.15, 0.2) is 0 Å². The van der Waals surface area contributed by atoms with Gasteiger partial charge in [0.25, 0.3) is 0 Å². The number of rotatable bonds is 1. The molecule has 0 spiro atoms. The number of nitrogens with two attached hydrogens (primary N) is 1. The molecule has 16 heavy (non-hydrogen) atoms. The predicted octanol–water partition coefficient (Wildman–Crippen LogP) is 0.528. The van der Waals surface area contributed by atoms with E-state index in [2.05, 4.69) is 10.3 Å². The fraction of sp³-hybridized carbons (Fsp3) is 0.400. The number of ether oxygens (including phenoxy) is 1. The molecule has 0 saturated carbocycles. The Morgan fingerprint density at radius 3 is 2.94 bits per heavy atom. The van der Waals surface area contributed by atoms with Gasteiger partial charge in [0.05, 0.1) is 13.2 Å². The molecule has 0 atom stereocenters. The SMILES string of the molecule is Nc1ccnc(NC(=O)N2CCOCC2)c1. The topological polar surface area (TPSA) is 80.5 Å². The average molecular weight is 222 g/mol. The van der Waals surface area contributed by atoms with Crippen LogP contribution in [0.3, 0.4) is 0 Å². The zero-order valence-corrected chi connectivity index (χ0v) is 8.85. The first-order valence-electron chi connectivity index (χ1n) is 5.11. The second kappa shape index (κ2) is 4.80. The Balaban J connectivity index is 1.96. The Hall–Kier alpha value is -1.82. The van der Waals surface area contributed by atoms with E-state index in [1.807, 2.05) is 0 Å². The van der Waals surface area contributed by atoms with Gasteiger partial charge in [-0.3, -0.25) is 5.32 Å². The van der Waals surface area contributed by atoms with Gasteiger partial charge in [-0.05, 0) is 6.07 Å². The van der Waals surface area contributed by atoms with E-state index in [1.54, 1.807) is 23.2 Å². The molecule has 0 aromatic carbocycles. The number of aromatic nitrogens is 1. The Morgan fingerprint density at radius 1 is 1.50 bits per heavy atom. The van der Waals surface area contributed by atoms with Crippen molar-refractivity contribution in [2.24, 2.45) is 0 Å². The minimum absolute atomic E-state index is 0.165. The van der Waals surface area contributed by atoms with Crippen LogP contribution in [0.2, 0.25) is 0 Å². The van der Waals surface area contributed by atoms with E-state index in [4.69, 9.17) is 10.5 Å². The number of nitrogen functional groups attached to an aromatic ring is 1. The molecule has 1 aromatic rings. The van der Waals surface area contributed by atoms with Gasteiger partial charge in [-0.1, -0.05) is 0 Å². The van der Waals surface area contributed by atoms with Crippen molar-refractivity contribution < 1.29 is 9.53 Å². The largest absolute Gasteiger partial charge is 0.399 e. The fourth-order valence-corrected chi connectivity index (χ4v) is 1.47. The summed E-state index contributed by atoms with van der Waals surface area (Å²) in [4.78, 5) is 17.5. The summed E-state index contributed by atoms with van der Waals surface area (Å²) < 4.78 is 5.16. The number of carbonyl (C=O) groups excluding carboxylic acids is 1. The molecule has 6 nitrogen and oxygen atoms in total. The highest BCUT2D eigenvalue weighted by Crippen LogP contribution is 2.09. The van der Waals surface area contributed by atoms with Crippen molar-refractivity contribution in [1.82, 2.24) is 9.88 Å². The first-order chi connectivity index (χ1) is 7.75. The van der Waals surface area contributed by atoms with Crippen LogP contribution in [-0.4, -0.2) is 42.2 Å². The van der Waals surface area contributed by atoms with E-state index in [-0.39, 0.29) is 6.03 Å². The third-order valence-corrected chi connectivity index (χ3v) is 2.32.